The van der Waals surface area contributed by atoms with E-state index in [2.05, 4.69) is 47.0 Å². The summed E-state index contributed by atoms with van der Waals surface area (Å²) in [5.41, 5.74) is -0.157. The van der Waals surface area contributed by atoms with Crippen molar-refractivity contribution in [2.45, 2.75) is 168 Å². The monoisotopic (exact) mass is 752 g/mol. The number of carbonyl (C=O) groups is 1. The molecule has 2 aliphatic heterocycles. The molecule has 11 nitrogen and oxygen atoms in total. The van der Waals surface area contributed by atoms with Crippen LogP contribution in [0.15, 0.2) is 0 Å². The van der Waals surface area contributed by atoms with E-state index in [4.69, 9.17) is 46.8 Å². The van der Waals surface area contributed by atoms with Crippen molar-refractivity contribution < 1.29 is 51.6 Å². The second-order valence-corrected chi connectivity index (χ2v) is 22.5. The van der Waals surface area contributed by atoms with Gasteiger partial charge in [0.2, 0.25) is 0 Å². The Morgan fingerprint density at radius 3 is 1.82 bits per heavy atom. The smallest absolute Gasteiger partial charge is 0.343 e. The van der Waals surface area contributed by atoms with Gasteiger partial charge in [-0.25, -0.2) is 0 Å². The van der Waals surface area contributed by atoms with E-state index in [1.54, 1.807) is 6.92 Å². The molecule has 0 unspecified atom stereocenters. The van der Waals surface area contributed by atoms with Gasteiger partial charge in [-0.1, -0.05) is 6.42 Å². The summed E-state index contributed by atoms with van der Waals surface area (Å²) in [6, 6.07) is 0.997. The number of aliphatic hydroxyl groups is 1. The standard InChI is InChI=1S/C25H46O8.C12H30O3Si2/c1-23(27)14-6-2-9-19-31-25(32-20-12-5-13-21-33-25)24(22-28-16-8-3-7-15-26)29-17-10-4-11-18-30-24;1-9-13-16(5,6)11-12(3,4)15-17(7,8)14-10-2/h26H,2-22H2,1H3;9-11H2,1-8H3. The lowest BCUT2D eigenvalue weighted by molar-refractivity contribution is -0.506. The molecule has 0 aromatic heterocycles. The van der Waals surface area contributed by atoms with Crippen LogP contribution in [-0.4, -0.2) is 111 Å². The average molecular weight is 753 g/mol. The number of ketones is 1. The van der Waals surface area contributed by atoms with Crippen molar-refractivity contribution in [3.63, 3.8) is 0 Å². The Bertz CT molecular complexity index is 834. The fourth-order valence-electron chi connectivity index (χ4n) is 6.60. The molecule has 2 fully saturated rings. The van der Waals surface area contributed by atoms with Gasteiger partial charge in [-0.05, 0) is 137 Å². The number of rotatable bonds is 23. The van der Waals surface area contributed by atoms with Crippen LogP contribution in [0, 0.1) is 0 Å². The summed E-state index contributed by atoms with van der Waals surface area (Å²) < 4.78 is 55.5. The van der Waals surface area contributed by atoms with Crippen molar-refractivity contribution in [3.05, 3.63) is 0 Å². The highest BCUT2D eigenvalue weighted by Crippen LogP contribution is 2.38. The highest BCUT2D eigenvalue weighted by molar-refractivity contribution is 6.71. The van der Waals surface area contributed by atoms with Gasteiger partial charge in [0.15, 0.2) is 8.32 Å². The van der Waals surface area contributed by atoms with Crippen LogP contribution < -0.4 is 0 Å². The molecule has 0 aromatic rings. The fraction of sp³-hybridized carbons (Fsp3) is 0.973. The maximum absolute atomic E-state index is 11.2. The zero-order chi connectivity index (χ0) is 37.4. The zero-order valence-corrected chi connectivity index (χ0v) is 35.5. The minimum atomic E-state index is -1.99. The van der Waals surface area contributed by atoms with E-state index in [0.29, 0.717) is 46.1 Å². The van der Waals surface area contributed by atoms with Crippen LogP contribution in [0.1, 0.15) is 118 Å². The Morgan fingerprint density at radius 1 is 0.740 bits per heavy atom. The van der Waals surface area contributed by atoms with Crippen molar-refractivity contribution in [3.8, 4) is 0 Å². The quantitative estimate of drug-likeness (QED) is 0.0811. The van der Waals surface area contributed by atoms with E-state index in [1.807, 2.05) is 6.92 Å². The van der Waals surface area contributed by atoms with Gasteiger partial charge in [-0.3, -0.25) is 0 Å². The molecule has 0 bridgehead atoms. The van der Waals surface area contributed by atoms with E-state index < -0.39 is 28.6 Å². The summed E-state index contributed by atoms with van der Waals surface area (Å²) in [4.78, 5) is 11.2. The van der Waals surface area contributed by atoms with E-state index in [0.717, 1.165) is 96.3 Å². The van der Waals surface area contributed by atoms with Gasteiger partial charge in [-0.15, -0.1) is 0 Å². The fourth-order valence-corrected chi connectivity index (χ4v) is 11.9. The molecule has 0 amide bonds. The van der Waals surface area contributed by atoms with E-state index in [9.17, 15) is 4.79 Å². The predicted molar refractivity (Wildman–Crippen MR) is 202 cm³/mol. The van der Waals surface area contributed by atoms with Crippen LogP contribution in [0.5, 0.6) is 0 Å². The highest BCUT2D eigenvalue weighted by Gasteiger charge is 2.60. The first-order valence-electron chi connectivity index (χ1n) is 19.5. The second kappa shape index (κ2) is 25.7. The molecule has 1 N–H and O–H groups in total. The number of ether oxygens (including phenoxy) is 6. The molecule has 2 saturated heterocycles. The minimum absolute atomic E-state index is 0.149. The maximum atomic E-state index is 11.2. The van der Waals surface area contributed by atoms with Gasteiger partial charge >= 0.3 is 14.5 Å². The molecular weight excluding hydrogens is 677 g/mol. The molecule has 50 heavy (non-hydrogen) atoms. The summed E-state index contributed by atoms with van der Waals surface area (Å²) in [5.74, 6) is -2.58. The molecule has 2 aliphatic rings. The van der Waals surface area contributed by atoms with Crippen LogP contribution in [-0.2, 0) is 46.5 Å². The first kappa shape index (κ1) is 47.7. The summed E-state index contributed by atoms with van der Waals surface area (Å²) in [6.45, 7) is 23.5. The van der Waals surface area contributed by atoms with Crippen LogP contribution in [0.25, 0.3) is 0 Å². The second-order valence-electron chi connectivity index (χ2n) is 15.1. The van der Waals surface area contributed by atoms with Gasteiger partial charge in [0, 0.05) is 32.8 Å². The Hall–Kier alpha value is -0.296. The van der Waals surface area contributed by atoms with Crippen molar-refractivity contribution in [1.29, 1.82) is 0 Å². The van der Waals surface area contributed by atoms with Crippen molar-refractivity contribution in [2.75, 3.05) is 66.1 Å². The Morgan fingerprint density at radius 2 is 1.28 bits per heavy atom. The van der Waals surface area contributed by atoms with Crippen LogP contribution in [0.2, 0.25) is 32.2 Å². The third kappa shape index (κ3) is 20.2. The van der Waals surface area contributed by atoms with Crippen molar-refractivity contribution in [2.24, 2.45) is 0 Å². The molecular formula is C37H76O11Si2. The summed E-state index contributed by atoms with van der Waals surface area (Å²) in [6.07, 6.45) is 11.4. The summed E-state index contributed by atoms with van der Waals surface area (Å²) >= 11 is 0. The van der Waals surface area contributed by atoms with Gasteiger partial charge in [0.05, 0.1) is 38.6 Å². The number of hydrogen-bond acceptors (Lipinski definition) is 11. The lowest BCUT2D eigenvalue weighted by Crippen LogP contribution is -2.66. The van der Waals surface area contributed by atoms with Crippen LogP contribution in [0.4, 0.5) is 0 Å². The molecule has 0 atom stereocenters. The molecule has 2 rings (SSSR count). The predicted octanol–water partition coefficient (Wildman–Crippen LogP) is 7.88. The third-order valence-corrected chi connectivity index (χ3v) is 13.2. The normalized spacial score (nSPS) is 19.0. The molecule has 2 heterocycles. The van der Waals surface area contributed by atoms with Gasteiger partial charge in [0.1, 0.15) is 12.4 Å². The number of Topliss-reactive ketones (excluding diaryl/α,β-unsaturated/α-hetero) is 1. The number of carbonyl (C=O) groups excluding carboxylic acids is 1. The SMILES string of the molecule is CC(=O)CCCCCOC1(C2(COCCCCCO)OCCCCCO2)OCCCCCO1.CCO[Si](C)(C)CC(C)(C)O[Si](C)(C)OCC. The van der Waals surface area contributed by atoms with E-state index >= 15 is 0 Å². The molecule has 0 radical (unpaired) electrons. The van der Waals surface area contributed by atoms with Gasteiger partial charge in [-0.2, -0.15) is 0 Å². The van der Waals surface area contributed by atoms with Crippen LogP contribution >= 0.6 is 0 Å². The number of unbranched alkanes of at least 4 members (excludes halogenated alkanes) is 4. The van der Waals surface area contributed by atoms with E-state index in [1.165, 1.54) is 0 Å². The highest BCUT2D eigenvalue weighted by atomic mass is 28.4. The number of aliphatic hydroxyl groups excluding tert-OH is 1. The largest absolute Gasteiger partial charge is 0.418 e. The lowest BCUT2D eigenvalue weighted by atomic mass is 10.1. The topological polar surface area (TPSA) is 120 Å². The van der Waals surface area contributed by atoms with Crippen molar-refractivity contribution in [1.82, 2.24) is 0 Å². The third-order valence-electron chi connectivity index (χ3n) is 8.40. The lowest BCUT2D eigenvalue weighted by Gasteiger charge is -2.48. The van der Waals surface area contributed by atoms with Gasteiger partial charge in [0.25, 0.3) is 5.79 Å². The first-order valence-corrected chi connectivity index (χ1v) is 25.5. The first-order chi connectivity index (χ1) is 23.7. The number of hydrogen-bond donors (Lipinski definition) is 1. The zero-order valence-electron chi connectivity index (χ0n) is 33.5. The van der Waals surface area contributed by atoms with E-state index in [-0.39, 0.29) is 24.6 Å². The van der Waals surface area contributed by atoms with Crippen molar-refractivity contribution >= 4 is 22.7 Å². The summed E-state index contributed by atoms with van der Waals surface area (Å²) in [5, 5.41) is 9.00. The molecule has 13 heteroatoms. The molecule has 0 aromatic carbocycles. The Labute approximate surface area is 307 Å². The molecule has 0 spiro atoms. The maximum Gasteiger partial charge on any atom is 0.343 e. The van der Waals surface area contributed by atoms with Crippen LogP contribution in [0.3, 0.4) is 0 Å². The molecule has 0 saturated carbocycles. The molecule has 298 valence electrons. The summed E-state index contributed by atoms with van der Waals surface area (Å²) in [7, 11) is -3.61. The molecule has 0 aliphatic carbocycles. The average Bonchev–Trinajstić information content (AvgIpc) is 2.97. The van der Waals surface area contributed by atoms with Gasteiger partial charge < -0.3 is 51.6 Å². The Kier molecular flexibility index (Phi) is 24.5. The Balaban J connectivity index is 0.000000621. The minimum Gasteiger partial charge on any atom is -0.418 e.